The van der Waals surface area contributed by atoms with Gasteiger partial charge in [0.2, 0.25) is 0 Å². The molecule has 2 aromatic heterocycles. The Balaban J connectivity index is 0.942. The Morgan fingerprint density at radius 2 is 1.05 bits per heavy atom. The summed E-state index contributed by atoms with van der Waals surface area (Å²) in [5.41, 5.74) is 16.6. The molecule has 3 heteroatoms. The topological polar surface area (TPSA) is 38.9 Å². The van der Waals surface area contributed by atoms with E-state index in [-0.39, 0.29) is 5.41 Å². The Bertz CT molecular complexity index is 3500. The fourth-order valence-corrected chi connectivity index (χ4v) is 9.54. The van der Waals surface area contributed by atoms with Gasteiger partial charge >= 0.3 is 0 Å². The van der Waals surface area contributed by atoms with E-state index in [4.69, 9.17) is 14.4 Å². The summed E-state index contributed by atoms with van der Waals surface area (Å²) in [6, 6.07) is 69.5. The third-order valence-electron chi connectivity index (χ3n) is 12.7. The molecule has 0 saturated heterocycles. The zero-order chi connectivity index (χ0) is 40.0. The number of aromatic nitrogens is 2. The molecular weight excluding hydrogens is 729 g/mol. The molecule has 60 heavy (non-hydrogen) atoms. The molecule has 11 aromatic rings. The summed E-state index contributed by atoms with van der Waals surface area (Å²) in [6.45, 7) is 4.71. The maximum atomic E-state index is 6.40. The van der Waals surface area contributed by atoms with Crippen LogP contribution in [0.25, 0.3) is 111 Å². The molecule has 0 saturated carbocycles. The minimum absolute atomic E-state index is 0.111. The lowest BCUT2D eigenvalue weighted by Crippen LogP contribution is -2.14. The van der Waals surface area contributed by atoms with Gasteiger partial charge in [0.1, 0.15) is 11.2 Å². The first-order chi connectivity index (χ1) is 29.5. The van der Waals surface area contributed by atoms with Gasteiger partial charge in [-0.15, -0.1) is 0 Å². The predicted molar refractivity (Wildman–Crippen MR) is 249 cm³/mol. The fraction of sp³-hybridized carbons (Fsp3) is 0.0526. The lowest BCUT2D eigenvalue weighted by molar-refractivity contribution is 0.661. The summed E-state index contributed by atoms with van der Waals surface area (Å²) in [5, 5.41) is 7.11. The van der Waals surface area contributed by atoms with Crippen LogP contribution in [0.15, 0.2) is 199 Å². The Kier molecular flexibility index (Phi) is 7.58. The van der Waals surface area contributed by atoms with Crippen molar-refractivity contribution in [1.29, 1.82) is 0 Å². The molecule has 0 atom stereocenters. The van der Waals surface area contributed by atoms with Crippen LogP contribution < -0.4 is 0 Å². The maximum absolute atomic E-state index is 6.40. The number of furan rings is 1. The first-order valence-electron chi connectivity index (χ1n) is 20.6. The van der Waals surface area contributed by atoms with Crippen LogP contribution >= 0.6 is 0 Å². The van der Waals surface area contributed by atoms with Crippen LogP contribution in [-0.4, -0.2) is 9.97 Å². The Labute approximate surface area is 348 Å². The predicted octanol–water partition coefficient (Wildman–Crippen LogP) is 15.3. The molecule has 0 radical (unpaired) electrons. The van der Waals surface area contributed by atoms with Gasteiger partial charge in [-0.2, -0.15) is 0 Å². The van der Waals surface area contributed by atoms with Crippen molar-refractivity contribution in [2.24, 2.45) is 0 Å². The van der Waals surface area contributed by atoms with E-state index in [1.54, 1.807) is 0 Å². The minimum Gasteiger partial charge on any atom is -0.455 e. The number of benzene rings is 9. The highest BCUT2D eigenvalue weighted by Crippen LogP contribution is 2.53. The minimum atomic E-state index is -0.111. The molecule has 1 aliphatic rings. The summed E-state index contributed by atoms with van der Waals surface area (Å²) < 4.78 is 6.40. The summed E-state index contributed by atoms with van der Waals surface area (Å²) in [6.07, 6.45) is 0. The van der Waals surface area contributed by atoms with Crippen molar-refractivity contribution in [3.8, 4) is 67.3 Å². The van der Waals surface area contributed by atoms with Gasteiger partial charge in [-0.05, 0) is 103 Å². The van der Waals surface area contributed by atoms with E-state index in [0.29, 0.717) is 5.82 Å². The average molecular weight is 767 g/mol. The Hall–Kier alpha value is -7.62. The quantitative estimate of drug-likeness (QED) is 0.175. The molecule has 282 valence electrons. The van der Waals surface area contributed by atoms with Crippen molar-refractivity contribution in [1.82, 2.24) is 9.97 Å². The molecular formula is C57H38N2O. The molecule has 3 nitrogen and oxygen atoms in total. The van der Waals surface area contributed by atoms with Crippen molar-refractivity contribution < 1.29 is 4.42 Å². The number of nitrogens with zero attached hydrogens (tertiary/aromatic N) is 2. The van der Waals surface area contributed by atoms with Crippen molar-refractivity contribution >= 4 is 43.5 Å². The molecule has 0 aliphatic heterocycles. The van der Waals surface area contributed by atoms with E-state index >= 15 is 0 Å². The summed E-state index contributed by atoms with van der Waals surface area (Å²) in [7, 11) is 0. The van der Waals surface area contributed by atoms with Gasteiger partial charge in [-0.1, -0.05) is 166 Å². The zero-order valence-electron chi connectivity index (χ0n) is 33.3. The first kappa shape index (κ1) is 34.4. The van der Waals surface area contributed by atoms with E-state index in [9.17, 15) is 0 Å². The van der Waals surface area contributed by atoms with Crippen LogP contribution in [0.4, 0.5) is 0 Å². The normalized spacial score (nSPS) is 13.0. The van der Waals surface area contributed by atoms with E-state index in [2.05, 4.69) is 190 Å². The SMILES string of the molecule is CC1(C)c2cc3ccccc3cc2-c2c(-c3cccc(-c4cc(-c5ccc(-c6ccc7oc8c9ccccc9ccc8c7c6)cc5)nc(-c5ccccc5)n4)c3)cccc21. The van der Waals surface area contributed by atoms with Gasteiger partial charge in [-0.25, -0.2) is 9.97 Å². The second-order valence-corrected chi connectivity index (χ2v) is 16.6. The van der Waals surface area contributed by atoms with E-state index in [1.807, 2.05) is 18.2 Å². The van der Waals surface area contributed by atoms with Crippen LogP contribution in [0.3, 0.4) is 0 Å². The lowest BCUT2D eigenvalue weighted by atomic mass is 9.81. The summed E-state index contributed by atoms with van der Waals surface area (Å²) in [4.78, 5) is 10.4. The molecule has 9 aromatic carbocycles. The number of rotatable bonds is 5. The second kappa shape index (κ2) is 13.2. The van der Waals surface area contributed by atoms with Gasteiger partial charge in [0, 0.05) is 38.3 Å². The van der Waals surface area contributed by atoms with Crippen LogP contribution in [-0.2, 0) is 5.41 Å². The highest BCUT2D eigenvalue weighted by molar-refractivity contribution is 6.15. The molecule has 2 heterocycles. The molecule has 0 spiro atoms. The van der Waals surface area contributed by atoms with E-state index < -0.39 is 0 Å². The highest BCUT2D eigenvalue weighted by atomic mass is 16.3. The monoisotopic (exact) mass is 766 g/mol. The molecule has 0 amide bonds. The van der Waals surface area contributed by atoms with Crippen molar-refractivity contribution in [3.63, 3.8) is 0 Å². The van der Waals surface area contributed by atoms with Crippen LogP contribution in [0.2, 0.25) is 0 Å². The van der Waals surface area contributed by atoms with Crippen LogP contribution in [0.5, 0.6) is 0 Å². The van der Waals surface area contributed by atoms with Gasteiger partial charge in [0.15, 0.2) is 5.82 Å². The molecule has 0 N–H and O–H groups in total. The molecule has 0 bridgehead atoms. The second-order valence-electron chi connectivity index (χ2n) is 16.6. The summed E-state index contributed by atoms with van der Waals surface area (Å²) >= 11 is 0. The van der Waals surface area contributed by atoms with Gasteiger partial charge in [-0.3, -0.25) is 0 Å². The van der Waals surface area contributed by atoms with Gasteiger partial charge in [0.25, 0.3) is 0 Å². The standard InChI is InChI=1S/C57H38N2O/c1-57(2)49-21-11-20-44(54(49)48-32-39-15-6-7-16-40(39)33-50(48)57)42-17-10-18-43(30-42)52-34-51(58-56(59-52)38-13-4-3-5-14-38)37-24-22-35(23-25-37)41-27-29-53-47(31-41)46-28-26-36-12-8-9-19-45(36)55(46)60-53/h3-34H,1-2H3. The smallest absolute Gasteiger partial charge is 0.160 e. The number of fused-ring (bicyclic) bond motifs is 9. The van der Waals surface area contributed by atoms with Crippen molar-refractivity contribution in [2.75, 3.05) is 0 Å². The molecule has 0 unspecified atom stereocenters. The van der Waals surface area contributed by atoms with Crippen LogP contribution in [0, 0.1) is 0 Å². The first-order valence-corrected chi connectivity index (χ1v) is 20.6. The van der Waals surface area contributed by atoms with E-state index in [1.165, 1.54) is 49.5 Å². The molecule has 0 fully saturated rings. The third-order valence-corrected chi connectivity index (χ3v) is 12.7. The lowest BCUT2D eigenvalue weighted by Gasteiger charge is -2.22. The Morgan fingerprint density at radius 1 is 0.383 bits per heavy atom. The van der Waals surface area contributed by atoms with Crippen LogP contribution in [0.1, 0.15) is 25.0 Å². The van der Waals surface area contributed by atoms with E-state index in [0.717, 1.165) is 66.5 Å². The maximum Gasteiger partial charge on any atom is 0.160 e. The van der Waals surface area contributed by atoms with Gasteiger partial charge in [0.05, 0.1) is 11.4 Å². The largest absolute Gasteiger partial charge is 0.455 e. The third kappa shape index (κ3) is 5.43. The van der Waals surface area contributed by atoms with Gasteiger partial charge < -0.3 is 4.42 Å². The summed E-state index contributed by atoms with van der Waals surface area (Å²) in [5.74, 6) is 0.700. The van der Waals surface area contributed by atoms with Crippen molar-refractivity contribution in [3.05, 3.63) is 205 Å². The number of hydrogen-bond donors (Lipinski definition) is 0. The number of hydrogen-bond acceptors (Lipinski definition) is 3. The fourth-order valence-electron chi connectivity index (χ4n) is 9.54. The van der Waals surface area contributed by atoms with Crippen molar-refractivity contribution in [2.45, 2.75) is 19.3 Å². The molecule has 12 rings (SSSR count). The Morgan fingerprint density at radius 3 is 1.88 bits per heavy atom. The zero-order valence-corrected chi connectivity index (χ0v) is 33.3. The average Bonchev–Trinajstić information content (AvgIpc) is 3.80. The molecule has 1 aliphatic carbocycles. The highest BCUT2D eigenvalue weighted by Gasteiger charge is 2.37.